The third kappa shape index (κ3) is 6.17. The average molecular weight is 481 g/mol. The van der Waals surface area contributed by atoms with Crippen LogP contribution in [0.5, 0.6) is 0 Å². The lowest BCUT2D eigenvalue weighted by Gasteiger charge is -2.14. The highest BCUT2D eigenvalue weighted by molar-refractivity contribution is 8.00. The second-order valence-electron chi connectivity index (χ2n) is 7.30. The molecule has 0 aliphatic heterocycles. The molecular formula is C23H20N4O6S. The fourth-order valence-electron chi connectivity index (χ4n) is 3.00. The molecule has 11 heteroatoms. The van der Waals surface area contributed by atoms with Gasteiger partial charge in [0.15, 0.2) is 0 Å². The summed E-state index contributed by atoms with van der Waals surface area (Å²) in [5, 5.41) is 26.8. The number of amides is 2. The topological polar surface area (TPSA) is 144 Å². The molecule has 0 aromatic heterocycles. The lowest BCUT2D eigenvalue weighted by Crippen LogP contribution is -2.22. The third-order valence-electron chi connectivity index (χ3n) is 4.77. The van der Waals surface area contributed by atoms with Crippen molar-refractivity contribution in [3.8, 4) is 0 Å². The number of nitro groups is 2. The Morgan fingerprint density at radius 2 is 1.56 bits per heavy atom. The minimum Gasteiger partial charge on any atom is -0.325 e. The van der Waals surface area contributed by atoms with Gasteiger partial charge in [-0.15, -0.1) is 11.8 Å². The summed E-state index contributed by atoms with van der Waals surface area (Å²) in [4.78, 5) is 46.6. The maximum absolute atomic E-state index is 12.6. The van der Waals surface area contributed by atoms with Gasteiger partial charge in [-0.25, -0.2) is 0 Å². The Morgan fingerprint density at radius 3 is 2.24 bits per heavy atom. The first-order valence-electron chi connectivity index (χ1n) is 10.0. The quantitative estimate of drug-likeness (QED) is 0.257. The Morgan fingerprint density at radius 1 is 0.882 bits per heavy atom. The van der Waals surface area contributed by atoms with Crippen LogP contribution in [0.2, 0.25) is 0 Å². The molecule has 0 saturated heterocycles. The third-order valence-corrected chi connectivity index (χ3v) is 5.87. The fraction of sp³-hybridized carbons (Fsp3) is 0.130. The number of anilines is 2. The smallest absolute Gasteiger partial charge is 0.270 e. The number of non-ortho nitro benzene ring substituents is 2. The Balaban J connectivity index is 1.65. The van der Waals surface area contributed by atoms with E-state index in [-0.39, 0.29) is 22.8 Å². The van der Waals surface area contributed by atoms with Crippen LogP contribution in [0.1, 0.15) is 22.8 Å². The van der Waals surface area contributed by atoms with Crippen LogP contribution in [-0.2, 0) is 4.79 Å². The molecule has 0 saturated carbocycles. The minimum atomic E-state index is -0.571. The molecule has 0 bridgehead atoms. The van der Waals surface area contributed by atoms with E-state index >= 15 is 0 Å². The van der Waals surface area contributed by atoms with Crippen LogP contribution < -0.4 is 10.6 Å². The van der Waals surface area contributed by atoms with Crippen molar-refractivity contribution >= 4 is 46.3 Å². The Kier molecular flexibility index (Phi) is 7.59. The average Bonchev–Trinajstić information content (AvgIpc) is 2.80. The number of hydrogen-bond donors (Lipinski definition) is 2. The summed E-state index contributed by atoms with van der Waals surface area (Å²) < 4.78 is 0. The highest BCUT2D eigenvalue weighted by atomic mass is 32.2. The normalized spacial score (nSPS) is 11.4. The molecule has 0 aliphatic rings. The lowest BCUT2D eigenvalue weighted by molar-refractivity contribution is -0.385. The molecule has 2 amide bonds. The summed E-state index contributed by atoms with van der Waals surface area (Å²) in [6.07, 6.45) is 0. The first-order valence-corrected chi connectivity index (χ1v) is 10.9. The molecule has 3 aromatic carbocycles. The first-order chi connectivity index (χ1) is 16.1. The van der Waals surface area contributed by atoms with Gasteiger partial charge in [0.1, 0.15) is 0 Å². The summed E-state index contributed by atoms with van der Waals surface area (Å²) in [7, 11) is 0. The van der Waals surface area contributed by atoms with Gasteiger partial charge in [-0.1, -0.05) is 12.1 Å². The number of nitro benzene ring substituents is 2. The Hall–Kier alpha value is -4.25. The van der Waals surface area contributed by atoms with Crippen LogP contribution in [0.3, 0.4) is 0 Å². The van der Waals surface area contributed by atoms with E-state index in [1.165, 1.54) is 54.2 Å². The van der Waals surface area contributed by atoms with Crippen molar-refractivity contribution in [1.82, 2.24) is 0 Å². The number of hydrogen-bond acceptors (Lipinski definition) is 7. The zero-order chi connectivity index (χ0) is 24.8. The minimum absolute atomic E-state index is 0.0538. The van der Waals surface area contributed by atoms with Crippen molar-refractivity contribution in [2.75, 3.05) is 10.6 Å². The van der Waals surface area contributed by atoms with Gasteiger partial charge in [-0.2, -0.15) is 0 Å². The molecule has 2 N–H and O–H groups in total. The van der Waals surface area contributed by atoms with Crippen molar-refractivity contribution in [3.05, 3.63) is 98.1 Å². The van der Waals surface area contributed by atoms with E-state index in [0.29, 0.717) is 16.9 Å². The van der Waals surface area contributed by atoms with Crippen molar-refractivity contribution < 1.29 is 19.4 Å². The fourth-order valence-corrected chi connectivity index (χ4v) is 3.93. The molecule has 0 aliphatic carbocycles. The molecule has 0 heterocycles. The van der Waals surface area contributed by atoms with Gasteiger partial charge in [0.25, 0.3) is 17.3 Å². The maximum Gasteiger partial charge on any atom is 0.270 e. The first kappa shape index (κ1) is 24.4. The molecule has 0 fully saturated rings. The van der Waals surface area contributed by atoms with Crippen LogP contribution in [0.4, 0.5) is 22.7 Å². The molecule has 0 radical (unpaired) electrons. The standard InChI is InChI=1S/C23H20N4O6S/c1-14-11-19(27(32)33)9-10-21(14)25-22(28)15(2)34-20-8-4-6-17(13-20)24-23(29)16-5-3-7-18(12-16)26(30)31/h3-13,15H,1-2H3,(H,24,29)(H,25,28). The molecule has 1 unspecified atom stereocenters. The van der Waals surface area contributed by atoms with E-state index in [1.54, 1.807) is 38.1 Å². The predicted octanol–water partition coefficient (Wildman–Crippen LogP) is 5.18. The summed E-state index contributed by atoms with van der Waals surface area (Å²) in [5.74, 6) is -0.779. The summed E-state index contributed by atoms with van der Waals surface area (Å²) in [5.41, 5.74) is 1.45. The second kappa shape index (κ2) is 10.6. The van der Waals surface area contributed by atoms with Gasteiger partial charge in [0, 0.05) is 46.1 Å². The molecule has 3 aromatic rings. The Bertz CT molecular complexity index is 1280. The highest BCUT2D eigenvalue weighted by Crippen LogP contribution is 2.28. The maximum atomic E-state index is 12.6. The van der Waals surface area contributed by atoms with Crippen molar-refractivity contribution in [1.29, 1.82) is 0 Å². The highest BCUT2D eigenvalue weighted by Gasteiger charge is 2.17. The molecule has 0 spiro atoms. The molecular weight excluding hydrogens is 460 g/mol. The number of benzene rings is 3. The summed E-state index contributed by atoms with van der Waals surface area (Å²) in [6, 6.07) is 16.5. The van der Waals surface area contributed by atoms with Gasteiger partial charge in [-0.05, 0) is 49.7 Å². The van der Waals surface area contributed by atoms with Gasteiger partial charge in [0.2, 0.25) is 5.91 Å². The van der Waals surface area contributed by atoms with Crippen LogP contribution in [0.15, 0.2) is 71.6 Å². The zero-order valence-corrected chi connectivity index (χ0v) is 19.0. The van der Waals surface area contributed by atoms with E-state index in [9.17, 15) is 29.8 Å². The van der Waals surface area contributed by atoms with Crippen LogP contribution in [-0.4, -0.2) is 26.9 Å². The van der Waals surface area contributed by atoms with Gasteiger partial charge in [0.05, 0.1) is 15.1 Å². The van der Waals surface area contributed by atoms with Crippen molar-refractivity contribution in [2.24, 2.45) is 0 Å². The van der Waals surface area contributed by atoms with E-state index in [4.69, 9.17) is 0 Å². The number of nitrogens with one attached hydrogen (secondary N) is 2. The van der Waals surface area contributed by atoms with Crippen molar-refractivity contribution in [3.63, 3.8) is 0 Å². The van der Waals surface area contributed by atoms with E-state index in [0.717, 1.165) is 4.90 Å². The largest absolute Gasteiger partial charge is 0.325 e. The van der Waals surface area contributed by atoms with Gasteiger partial charge < -0.3 is 10.6 Å². The van der Waals surface area contributed by atoms with E-state index in [1.807, 2.05) is 0 Å². The van der Waals surface area contributed by atoms with E-state index in [2.05, 4.69) is 10.6 Å². The van der Waals surface area contributed by atoms with Crippen molar-refractivity contribution in [2.45, 2.75) is 24.0 Å². The number of aryl methyl sites for hydroxylation is 1. The van der Waals surface area contributed by atoms with Crippen LogP contribution >= 0.6 is 11.8 Å². The molecule has 34 heavy (non-hydrogen) atoms. The zero-order valence-electron chi connectivity index (χ0n) is 18.2. The summed E-state index contributed by atoms with van der Waals surface area (Å²) >= 11 is 1.27. The number of carbonyl (C=O) groups excluding carboxylic acids is 2. The molecule has 3 rings (SSSR count). The summed E-state index contributed by atoms with van der Waals surface area (Å²) in [6.45, 7) is 3.39. The van der Waals surface area contributed by atoms with Gasteiger partial charge >= 0.3 is 0 Å². The molecule has 1 atom stereocenters. The number of nitrogens with zero attached hydrogens (tertiary/aromatic N) is 2. The lowest BCUT2D eigenvalue weighted by atomic mass is 10.2. The van der Waals surface area contributed by atoms with Crippen LogP contribution in [0, 0.1) is 27.2 Å². The number of thioether (sulfide) groups is 1. The Labute approximate surface area is 198 Å². The van der Waals surface area contributed by atoms with Gasteiger partial charge in [-0.3, -0.25) is 29.8 Å². The number of rotatable bonds is 8. The molecule has 10 nitrogen and oxygen atoms in total. The number of carbonyl (C=O) groups is 2. The second-order valence-corrected chi connectivity index (χ2v) is 8.71. The predicted molar refractivity (Wildman–Crippen MR) is 129 cm³/mol. The van der Waals surface area contributed by atoms with Crippen LogP contribution in [0.25, 0.3) is 0 Å². The monoisotopic (exact) mass is 480 g/mol. The SMILES string of the molecule is Cc1cc([N+](=O)[O-])ccc1NC(=O)C(C)Sc1cccc(NC(=O)c2cccc([N+](=O)[O-])c2)c1. The molecule has 174 valence electrons. The van der Waals surface area contributed by atoms with E-state index < -0.39 is 21.0 Å².